The average molecular weight is 624 g/mol. The molecule has 10 heteroatoms. The molecule has 0 saturated heterocycles. The van der Waals surface area contributed by atoms with Crippen LogP contribution in [0.25, 0.3) is 6.08 Å². The normalized spacial score (nSPS) is 13.4. The van der Waals surface area contributed by atoms with Crippen LogP contribution in [0.1, 0.15) is 64.3 Å². The number of hydrogen-bond acceptors (Lipinski definition) is 7. The summed E-state index contributed by atoms with van der Waals surface area (Å²) in [5.74, 6) is -1.90. The van der Waals surface area contributed by atoms with Crippen molar-refractivity contribution in [1.29, 1.82) is 0 Å². The van der Waals surface area contributed by atoms with Gasteiger partial charge in [-0.15, -0.1) is 6.58 Å². The van der Waals surface area contributed by atoms with Crippen molar-refractivity contribution >= 4 is 42.6 Å². The summed E-state index contributed by atoms with van der Waals surface area (Å²) in [5.41, 5.74) is 0.402. The van der Waals surface area contributed by atoms with E-state index < -0.39 is 53.2 Å². The molecule has 3 unspecified atom stereocenters. The number of thiol groups is 1. The highest BCUT2D eigenvalue weighted by molar-refractivity contribution is 7.80. The van der Waals surface area contributed by atoms with Crippen molar-refractivity contribution in [2.24, 2.45) is 0 Å². The average Bonchev–Trinajstić information content (AvgIpc) is 2.93. The molecule has 0 aromatic heterocycles. The summed E-state index contributed by atoms with van der Waals surface area (Å²) >= 11 is 4.30. The third-order valence-electron chi connectivity index (χ3n) is 6.09. The predicted molar refractivity (Wildman–Crippen MR) is 176 cm³/mol. The molecular formula is C34H45N3O6S. The molecule has 9 nitrogen and oxygen atoms in total. The van der Waals surface area contributed by atoms with E-state index in [2.05, 4.69) is 36.4 Å². The summed E-state index contributed by atoms with van der Waals surface area (Å²) < 4.78 is 11.0. The van der Waals surface area contributed by atoms with E-state index >= 15 is 0 Å². The summed E-state index contributed by atoms with van der Waals surface area (Å²) in [4.78, 5) is 55.5. The molecule has 2 aromatic carbocycles. The Labute approximate surface area is 266 Å². The van der Waals surface area contributed by atoms with Gasteiger partial charge in [-0.3, -0.25) is 9.59 Å². The molecule has 3 amide bonds. The van der Waals surface area contributed by atoms with Crippen molar-refractivity contribution in [3.8, 4) is 0 Å². The fraction of sp³-hybridized carbons (Fsp3) is 0.412. The van der Waals surface area contributed by atoms with Crippen LogP contribution >= 0.6 is 12.6 Å². The van der Waals surface area contributed by atoms with Gasteiger partial charge in [-0.25, -0.2) is 9.59 Å². The SMILES string of the molecule is C=CCN(C(=O)C(CS)NC(=O)OC(C)(C)C)C(C(=O)NC(Cc1ccccc1)C(=O)OC(C)(C)C)c1cccc(C=C)c1. The minimum absolute atomic E-state index is 0.0503. The zero-order valence-corrected chi connectivity index (χ0v) is 27.4. The third kappa shape index (κ3) is 11.6. The lowest BCUT2D eigenvalue weighted by atomic mass is 9.99. The van der Waals surface area contributed by atoms with Crippen LogP contribution in [0.2, 0.25) is 0 Å². The Bertz CT molecular complexity index is 1320. The Kier molecular flexibility index (Phi) is 13.3. The van der Waals surface area contributed by atoms with E-state index in [0.29, 0.717) is 5.56 Å². The van der Waals surface area contributed by atoms with Gasteiger partial charge >= 0.3 is 12.1 Å². The Hall–Kier alpha value is -4.05. The van der Waals surface area contributed by atoms with Gasteiger partial charge in [0.2, 0.25) is 11.8 Å². The van der Waals surface area contributed by atoms with Crippen LogP contribution in [0.3, 0.4) is 0 Å². The van der Waals surface area contributed by atoms with Crippen molar-refractivity contribution < 1.29 is 28.7 Å². The van der Waals surface area contributed by atoms with E-state index in [1.165, 1.54) is 11.0 Å². The lowest BCUT2D eigenvalue weighted by molar-refractivity contribution is -0.159. The lowest BCUT2D eigenvalue weighted by Crippen LogP contribution is -2.55. The summed E-state index contributed by atoms with van der Waals surface area (Å²) in [5, 5.41) is 5.41. The highest BCUT2D eigenvalue weighted by Gasteiger charge is 2.37. The standard InChI is InChI=1S/C34H45N3O6S/c1-9-19-37(30(39)27(22-44)36-32(41)43-34(6,7)8)28(25-18-14-17-23(10-2)20-25)29(38)35-26(31(40)42-33(3,4)5)21-24-15-12-11-13-16-24/h9-18,20,26-28,44H,1-2,19,21-22H2,3-8H3,(H,35,38)(H,36,41). The van der Waals surface area contributed by atoms with Crippen molar-refractivity contribution in [2.45, 2.75) is 77.3 Å². The summed E-state index contributed by atoms with van der Waals surface area (Å²) in [7, 11) is 0. The topological polar surface area (TPSA) is 114 Å². The molecule has 0 radical (unpaired) electrons. The van der Waals surface area contributed by atoms with E-state index in [1.807, 2.05) is 36.4 Å². The Morgan fingerprint density at radius 1 is 0.886 bits per heavy atom. The van der Waals surface area contributed by atoms with Crippen LogP contribution < -0.4 is 10.6 Å². The van der Waals surface area contributed by atoms with Gasteiger partial charge in [0, 0.05) is 18.7 Å². The van der Waals surface area contributed by atoms with Crippen LogP contribution in [0.4, 0.5) is 4.79 Å². The number of esters is 1. The number of alkyl carbamates (subject to hydrolysis) is 1. The molecule has 238 valence electrons. The minimum atomic E-state index is -1.22. The first-order chi connectivity index (χ1) is 20.6. The number of ether oxygens (including phenoxy) is 2. The Morgan fingerprint density at radius 3 is 2.07 bits per heavy atom. The van der Waals surface area contributed by atoms with E-state index in [1.54, 1.807) is 65.8 Å². The van der Waals surface area contributed by atoms with Gasteiger partial charge in [0.1, 0.15) is 29.3 Å². The van der Waals surface area contributed by atoms with Gasteiger partial charge in [-0.1, -0.05) is 67.3 Å². The highest BCUT2D eigenvalue weighted by Crippen LogP contribution is 2.25. The molecule has 0 aliphatic carbocycles. The van der Waals surface area contributed by atoms with Crippen LogP contribution in [0.15, 0.2) is 73.8 Å². The van der Waals surface area contributed by atoms with Crippen molar-refractivity contribution in [3.63, 3.8) is 0 Å². The zero-order chi connectivity index (χ0) is 33.1. The van der Waals surface area contributed by atoms with Crippen molar-refractivity contribution in [1.82, 2.24) is 15.5 Å². The molecule has 2 aromatic rings. The van der Waals surface area contributed by atoms with Crippen LogP contribution in [0.5, 0.6) is 0 Å². The molecule has 0 saturated carbocycles. The Morgan fingerprint density at radius 2 is 1.52 bits per heavy atom. The van der Waals surface area contributed by atoms with Gasteiger partial charge in [0.15, 0.2) is 0 Å². The maximum Gasteiger partial charge on any atom is 0.408 e. The van der Waals surface area contributed by atoms with E-state index in [9.17, 15) is 19.2 Å². The molecule has 44 heavy (non-hydrogen) atoms. The zero-order valence-electron chi connectivity index (χ0n) is 26.5. The monoisotopic (exact) mass is 623 g/mol. The number of benzene rings is 2. The van der Waals surface area contributed by atoms with Crippen LogP contribution in [0, 0.1) is 0 Å². The van der Waals surface area contributed by atoms with E-state index in [-0.39, 0.29) is 18.7 Å². The van der Waals surface area contributed by atoms with Gasteiger partial charge in [0.05, 0.1) is 0 Å². The number of nitrogens with zero attached hydrogens (tertiary/aromatic N) is 1. The maximum absolute atomic E-state index is 14.3. The molecule has 0 aliphatic rings. The second kappa shape index (κ2) is 16.1. The molecule has 3 atom stereocenters. The Balaban J connectivity index is 2.56. The largest absolute Gasteiger partial charge is 0.458 e. The van der Waals surface area contributed by atoms with E-state index in [0.717, 1.165) is 11.1 Å². The number of hydrogen-bond donors (Lipinski definition) is 3. The third-order valence-corrected chi connectivity index (χ3v) is 6.46. The summed E-state index contributed by atoms with van der Waals surface area (Å²) in [6.07, 6.45) is 2.47. The fourth-order valence-electron chi connectivity index (χ4n) is 4.29. The van der Waals surface area contributed by atoms with Gasteiger partial charge in [0.25, 0.3) is 0 Å². The second-order valence-electron chi connectivity index (χ2n) is 12.2. The molecule has 0 fully saturated rings. The molecule has 2 N–H and O–H groups in total. The molecule has 0 bridgehead atoms. The quantitative estimate of drug-likeness (QED) is 0.159. The fourth-order valence-corrected chi connectivity index (χ4v) is 4.54. The molecule has 0 heterocycles. The van der Waals surface area contributed by atoms with Crippen LogP contribution in [-0.4, -0.2) is 64.4 Å². The second-order valence-corrected chi connectivity index (χ2v) is 12.6. The first-order valence-electron chi connectivity index (χ1n) is 14.4. The first-order valence-corrected chi connectivity index (χ1v) is 15.0. The predicted octanol–water partition coefficient (Wildman–Crippen LogP) is 5.28. The summed E-state index contributed by atoms with van der Waals surface area (Å²) in [6, 6.07) is 12.8. The molecular weight excluding hydrogens is 578 g/mol. The first kappa shape index (κ1) is 36.1. The van der Waals surface area contributed by atoms with Gasteiger partial charge in [-0.2, -0.15) is 12.6 Å². The number of amides is 3. The van der Waals surface area contributed by atoms with Crippen molar-refractivity contribution in [2.75, 3.05) is 12.3 Å². The summed E-state index contributed by atoms with van der Waals surface area (Å²) in [6.45, 7) is 17.9. The molecule has 2 rings (SSSR count). The number of carbonyl (C=O) groups is 4. The number of nitrogens with one attached hydrogen (secondary N) is 2. The minimum Gasteiger partial charge on any atom is -0.458 e. The highest BCUT2D eigenvalue weighted by atomic mass is 32.1. The van der Waals surface area contributed by atoms with Gasteiger partial charge in [-0.05, 0) is 64.3 Å². The number of carbonyl (C=O) groups excluding carboxylic acids is 4. The number of rotatable bonds is 13. The maximum atomic E-state index is 14.3. The molecule has 0 aliphatic heterocycles. The smallest absolute Gasteiger partial charge is 0.408 e. The molecule has 0 spiro atoms. The lowest BCUT2D eigenvalue weighted by Gasteiger charge is -2.34. The van der Waals surface area contributed by atoms with E-state index in [4.69, 9.17) is 9.47 Å². The van der Waals surface area contributed by atoms with Gasteiger partial charge < -0.3 is 25.0 Å². The van der Waals surface area contributed by atoms with Crippen molar-refractivity contribution in [3.05, 3.63) is 90.5 Å². The van der Waals surface area contributed by atoms with Crippen LogP contribution in [-0.2, 0) is 30.3 Å².